The summed E-state index contributed by atoms with van der Waals surface area (Å²) in [5.74, 6) is 0. The van der Waals surface area contributed by atoms with Gasteiger partial charge in [0.1, 0.15) is 0 Å². The lowest BCUT2D eigenvalue weighted by atomic mass is 10.0. The van der Waals surface area contributed by atoms with Crippen LogP contribution in [0.4, 0.5) is 0 Å². The monoisotopic (exact) mass is 336 g/mol. The molecular formula is C15H13BrS2. The van der Waals surface area contributed by atoms with Gasteiger partial charge >= 0.3 is 0 Å². The van der Waals surface area contributed by atoms with Gasteiger partial charge in [0.25, 0.3) is 0 Å². The molecule has 0 amide bonds. The van der Waals surface area contributed by atoms with E-state index in [2.05, 4.69) is 65.5 Å². The number of hydrogen-bond acceptors (Lipinski definition) is 2. The molecule has 0 nitrogen and oxygen atoms in total. The van der Waals surface area contributed by atoms with E-state index in [4.69, 9.17) is 0 Å². The maximum atomic E-state index is 3.83. The van der Waals surface area contributed by atoms with E-state index in [9.17, 15) is 0 Å². The first kappa shape index (κ1) is 12.4. The van der Waals surface area contributed by atoms with Crippen molar-refractivity contribution in [2.75, 3.05) is 0 Å². The fourth-order valence-electron chi connectivity index (χ4n) is 2.00. The summed E-state index contributed by atoms with van der Waals surface area (Å²) in [5.41, 5.74) is 4.05. The van der Waals surface area contributed by atoms with Gasteiger partial charge in [0, 0.05) is 14.3 Å². The maximum Gasteiger partial charge on any atom is 0.0738 e. The number of aryl methyl sites for hydroxylation is 2. The Bertz CT molecular complexity index is 665. The van der Waals surface area contributed by atoms with Gasteiger partial charge in [0.05, 0.1) is 4.83 Å². The van der Waals surface area contributed by atoms with Crippen molar-refractivity contribution in [2.24, 2.45) is 0 Å². The van der Waals surface area contributed by atoms with Gasteiger partial charge in [-0.3, -0.25) is 0 Å². The van der Waals surface area contributed by atoms with E-state index in [-0.39, 0.29) is 0 Å². The molecule has 0 aliphatic rings. The number of thiophene rings is 2. The third-order valence-electron chi connectivity index (χ3n) is 3.23. The van der Waals surface area contributed by atoms with E-state index in [0.29, 0.717) is 4.83 Å². The van der Waals surface area contributed by atoms with Gasteiger partial charge in [-0.1, -0.05) is 34.1 Å². The molecule has 0 N–H and O–H groups in total. The fraction of sp³-hybridized carbons (Fsp3) is 0.200. The fourth-order valence-corrected chi connectivity index (χ4v) is 4.82. The van der Waals surface area contributed by atoms with Crippen molar-refractivity contribution in [3.63, 3.8) is 0 Å². The third kappa shape index (κ3) is 2.15. The summed E-state index contributed by atoms with van der Waals surface area (Å²) in [7, 11) is 0. The van der Waals surface area contributed by atoms with Gasteiger partial charge in [0.15, 0.2) is 0 Å². The number of rotatable bonds is 2. The van der Waals surface area contributed by atoms with Crippen LogP contribution in [-0.4, -0.2) is 0 Å². The molecule has 0 saturated heterocycles. The summed E-state index contributed by atoms with van der Waals surface area (Å²) >= 11 is 7.53. The highest BCUT2D eigenvalue weighted by Gasteiger charge is 2.14. The largest absolute Gasteiger partial charge is 0.143 e. The highest BCUT2D eigenvalue weighted by molar-refractivity contribution is 9.09. The minimum Gasteiger partial charge on any atom is -0.143 e. The van der Waals surface area contributed by atoms with E-state index in [1.54, 1.807) is 0 Å². The Balaban J connectivity index is 2.00. The zero-order valence-corrected chi connectivity index (χ0v) is 13.5. The van der Waals surface area contributed by atoms with Crippen LogP contribution in [-0.2, 0) is 0 Å². The van der Waals surface area contributed by atoms with Gasteiger partial charge in [-0.25, -0.2) is 0 Å². The lowest BCUT2D eigenvalue weighted by Gasteiger charge is -2.10. The zero-order valence-electron chi connectivity index (χ0n) is 10.2. The van der Waals surface area contributed by atoms with E-state index in [1.807, 2.05) is 22.7 Å². The highest BCUT2D eigenvalue weighted by atomic mass is 79.9. The topological polar surface area (TPSA) is 0 Å². The second kappa shape index (κ2) is 4.80. The molecule has 0 aliphatic heterocycles. The second-order valence-electron chi connectivity index (χ2n) is 4.50. The molecule has 1 aromatic carbocycles. The van der Waals surface area contributed by atoms with Crippen LogP contribution < -0.4 is 0 Å². The number of benzene rings is 1. The number of fused-ring (bicyclic) bond motifs is 1. The van der Waals surface area contributed by atoms with Crippen LogP contribution in [0.15, 0.2) is 35.7 Å². The molecule has 0 fully saturated rings. The summed E-state index contributed by atoms with van der Waals surface area (Å²) < 4.78 is 2.78. The molecule has 0 spiro atoms. The third-order valence-corrected chi connectivity index (χ3v) is 6.72. The summed E-state index contributed by atoms with van der Waals surface area (Å²) in [6, 6.07) is 11.2. The lowest BCUT2D eigenvalue weighted by Crippen LogP contribution is -1.91. The summed E-state index contributed by atoms with van der Waals surface area (Å²) in [5, 5.41) is 2.16. The van der Waals surface area contributed by atoms with Crippen LogP contribution in [0.3, 0.4) is 0 Å². The van der Waals surface area contributed by atoms with Crippen molar-refractivity contribution in [3.8, 4) is 0 Å². The van der Waals surface area contributed by atoms with Crippen LogP contribution in [0.25, 0.3) is 9.40 Å². The summed E-state index contributed by atoms with van der Waals surface area (Å²) in [6.45, 7) is 4.33. The standard InChI is InChI=1S/C15H13BrS2/c1-9-3-4-11(7-10(9)2)15(16)14-8-13-12(18-14)5-6-17-13/h3-8,15H,1-2H3. The molecule has 0 bridgehead atoms. The van der Waals surface area contributed by atoms with Crippen molar-refractivity contribution in [1.29, 1.82) is 0 Å². The predicted octanol–water partition coefficient (Wildman–Crippen LogP) is 6.06. The van der Waals surface area contributed by atoms with Crippen molar-refractivity contribution >= 4 is 48.0 Å². The molecule has 0 aliphatic carbocycles. The van der Waals surface area contributed by atoms with Crippen molar-refractivity contribution in [2.45, 2.75) is 18.7 Å². The molecule has 3 rings (SSSR count). The lowest BCUT2D eigenvalue weighted by molar-refractivity contribution is 1.19. The Morgan fingerprint density at radius 3 is 2.56 bits per heavy atom. The van der Waals surface area contributed by atoms with E-state index < -0.39 is 0 Å². The van der Waals surface area contributed by atoms with Crippen LogP contribution in [0.2, 0.25) is 0 Å². The minimum absolute atomic E-state index is 0.307. The predicted molar refractivity (Wildman–Crippen MR) is 86.4 cm³/mol. The first-order chi connectivity index (χ1) is 8.65. The molecule has 0 saturated carbocycles. The smallest absolute Gasteiger partial charge is 0.0738 e. The number of halogens is 1. The second-order valence-corrected chi connectivity index (χ2v) is 7.48. The van der Waals surface area contributed by atoms with Gasteiger partial charge in [-0.2, -0.15) is 0 Å². The average Bonchev–Trinajstić information content (AvgIpc) is 2.92. The Morgan fingerprint density at radius 2 is 1.83 bits per heavy atom. The van der Waals surface area contributed by atoms with Crippen LogP contribution in [0.1, 0.15) is 26.4 Å². The summed E-state index contributed by atoms with van der Waals surface area (Å²) in [4.78, 5) is 1.70. The molecule has 18 heavy (non-hydrogen) atoms. The van der Waals surface area contributed by atoms with Crippen molar-refractivity contribution in [1.82, 2.24) is 0 Å². The van der Waals surface area contributed by atoms with Crippen LogP contribution >= 0.6 is 38.6 Å². The molecular weight excluding hydrogens is 324 g/mol. The van der Waals surface area contributed by atoms with E-state index >= 15 is 0 Å². The number of hydrogen-bond donors (Lipinski definition) is 0. The molecule has 92 valence electrons. The molecule has 1 unspecified atom stereocenters. The van der Waals surface area contributed by atoms with Gasteiger partial charge in [-0.05, 0) is 48.1 Å². The first-order valence-electron chi connectivity index (χ1n) is 5.83. The highest BCUT2D eigenvalue weighted by Crippen LogP contribution is 2.40. The summed E-state index contributed by atoms with van der Waals surface area (Å²) in [6.07, 6.45) is 0. The molecule has 2 aromatic heterocycles. The van der Waals surface area contributed by atoms with Gasteiger partial charge in [0.2, 0.25) is 0 Å². The Labute approximate surface area is 123 Å². The number of alkyl halides is 1. The normalized spacial score (nSPS) is 13.1. The molecule has 3 aromatic rings. The van der Waals surface area contributed by atoms with E-state index in [0.717, 1.165) is 0 Å². The maximum absolute atomic E-state index is 3.83. The minimum atomic E-state index is 0.307. The average molecular weight is 337 g/mol. The van der Waals surface area contributed by atoms with Gasteiger partial charge in [-0.15, -0.1) is 22.7 Å². The molecule has 2 heterocycles. The quantitative estimate of drug-likeness (QED) is 0.498. The Morgan fingerprint density at radius 1 is 1.00 bits per heavy atom. The zero-order chi connectivity index (χ0) is 12.7. The van der Waals surface area contributed by atoms with Crippen LogP contribution in [0, 0.1) is 13.8 Å². The SMILES string of the molecule is Cc1ccc(C(Br)c2cc3sccc3s2)cc1C. The molecule has 3 heteroatoms. The van der Waals surface area contributed by atoms with Crippen molar-refractivity contribution < 1.29 is 0 Å². The Kier molecular flexibility index (Phi) is 3.31. The van der Waals surface area contributed by atoms with Crippen molar-refractivity contribution in [3.05, 3.63) is 57.3 Å². The molecule has 0 radical (unpaired) electrons. The molecule has 1 atom stereocenters. The van der Waals surface area contributed by atoms with Crippen LogP contribution in [0.5, 0.6) is 0 Å². The van der Waals surface area contributed by atoms with E-state index in [1.165, 1.54) is 31.0 Å². The Hall–Kier alpha value is -0.640. The van der Waals surface area contributed by atoms with Gasteiger partial charge < -0.3 is 0 Å². The first-order valence-corrected chi connectivity index (χ1v) is 8.44.